The summed E-state index contributed by atoms with van der Waals surface area (Å²) < 4.78 is 32.9. The number of benzene rings is 3. The quantitative estimate of drug-likeness (QED) is 0.622. The molecule has 0 atom stereocenters. The van der Waals surface area contributed by atoms with Crippen molar-refractivity contribution in [3.8, 4) is 5.75 Å². The average molecular weight is 410 g/mol. The van der Waals surface area contributed by atoms with Gasteiger partial charge >= 0.3 is 0 Å². The van der Waals surface area contributed by atoms with Crippen LogP contribution in [-0.4, -0.2) is 21.4 Å². The molecule has 7 heteroatoms. The van der Waals surface area contributed by atoms with Crippen LogP contribution in [0.15, 0.2) is 77.7 Å². The fraction of sp³-hybridized carbons (Fsp3) is 0.136. The Hall–Kier alpha value is -3.32. The van der Waals surface area contributed by atoms with E-state index in [1.807, 2.05) is 31.2 Å². The fourth-order valence-corrected chi connectivity index (χ4v) is 3.83. The second-order valence-electron chi connectivity index (χ2n) is 6.49. The Morgan fingerprint density at radius 2 is 1.69 bits per heavy atom. The van der Waals surface area contributed by atoms with Gasteiger partial charge in [-0.3, -0.25) is 9.52 Å². The molecule has 0 aliphatic rings. The van der Waals surface area contributed by atoms with Gasteiger partial charge in [0.05, 0.1) is 12.0 Å². The third-order valence-electron chi connectivity index (χ3n) is 4.34. The van der Waals surface area contributed by atoms with Gasteiger partial charge in [-0.2, -0.15) is 0 Å². The minimum absolute atomic E-state index is 0.161. The molecule has 0 aliphatic carbocycles. The molecule has 0 heterocycles. The Kier molecular flexibility index (Phi) is 6.19. The fourth-order valence-electron chi connectivity index (χ4n) is 2.78. The smallest absolute Gasteiger partial charge is 0.261 e. The summed E-state index contributed by atoms with van der Waals surface area (Å²) in [6.07, 6.45) is 0. The molecular formula is C22H22N2O4S. The Bertz CT molecular complexity index is 1110. The van der Waals surface area contributed by atoms with E-state index in [0.717, 1.165) is 11.1 Å². The number of anilines is 1. The number of sulfonamides is 1. The zero-order valence-electron chi connectivity index (χ0n) is 16.2. The van der Waals surface area contributed by atoms with Gasteiger partial charge in [0.2, 0.25) is 0 Å². The van der Waals surface area contributed by atoms with E-state index >= 15 is 0 Å². The number of para-hydroxylation sites is 1. The van der Waals surface area contributed by atoms with Crippen LogP contribution in [0.5, 0.6) is 5.75 Å². The lowest BCUT2D eigenvalue weighted by molar-refractivity contribution is 0.0950. The summed E-state index contributed by atoms with van der Waals surface area (Å²) in [6, 6.07) is 20.3. The van der Waals surface area contributed by atoms with Gasteiger partial charge in [-0.15, -0.1) is 0 Å². The number of nitrogens with one attached hydrogen (secondary N) is 2. The molecule has 0 unspecified atom stereocenters. The highest BCUT2D eigenvalue weighted by molar-refractivity contribution is 7.92. The van der Waals surface area contributed by atoms with Crippen molar-refractivity contribution >= 4 is 21.6 Å². The van der Waals surface area contributed by atoms with Crippen molar-refractivity contribution in [2.45, 2.75) is 18.4 Å². The van der Waals surface area contributed by atoms with Gasteiger partial charge in [0, 0.05) is 23.4 Å². The first-order valence-corrected chi connectivity index (χ1v) is 10.5. The van der Waals surface area contributed by atoms with Crippen LogP contribution in [0.25, 0.3) is 0 Å². The molecule has 0 saturated heterocycles. The Morgan fingerprint density at radius 1 is 0.966 bits per heavy atom. The molecular weight excluding hydrogens is 388 g/mol. The third kappa shape index (κ3) is 5.14. The monoisotopic (exact) mass is 410 g/mol. The number of ether oxygens (including phenoxy) is 1. The van der Waals surface area contributed by atoms with Crippen molar-refractivity contribution < 1.29 is 17.9 Å². The summed E-state index contributed by atoms with van der Waals surface area (Å²) in [5.41, 5.74) is 2.48. The van der Waals surface area contributed by atoms with Crippen LogP contribution in [0.2, 0.25) is 0 Å². The van der Waals surface area contributed by atoms with Crippen molar-refractivity contribution in [3.63, 3.8) is 0 Å². The average Bonchev–Trinajstić information content (AvgIpc) is 2.72. The predicted octanol–water partition coefficient (Wildman–Crippen LogP) is 3.73. The van der Waals surface area contributed by atoms with Crippen molar-refractivity contribution in [1.82, 2.24) is 5.32 Å². The van der Waals surface area contributed by atoms with E-state index in [0.29, 0.717) is 23.5 Å². The highest BCUT2D eigenvalue weighted by Crippen LogP contribution is 2.19. The molecule has 3 rings (SSSR count). The number of amides is 1. The molecule has 0 fully saturated rings. The lowest BCUT2D eigenvalue weighted by Crippen LogP contribution is -2.23. The van der Waals surface area contributed by atoms with Gasteiger partial charge in [-0.1, -0.05) is 42.0 Å². The number of methoxy groups -OCH3 is 1. The summed E-state index contributed by atoms with van der Waals surface area (Å²) in [6.45, 7) is 2.18. The lowest BCUT2D eigenvalue weighted by atomic mass is 10.1. The summed E-state index contributed by atoms with van der Waals surface area (Å²) in [5, 5.41) is 2.82. The normalized spacial score (nSPS) is 11.0. The maximum Gasteiger partial charge on any atom is 0.261 e. The highest BCUT2D eigenvalue weighted by Gasteiger charge is 2.15. The van der Waals surface area contributed by atoms with Crippen LogP contribution in [-0.2, 0) is 16.6 Å². The first kappa shape index (κ1) is 20.4. The molecule has 0 saturated carbocycles. The van der Waals surface area contributed by atoms with Gasteiger partial charge in [0.1, 0.15) is 5.75 Å². The van der Waals surface area contributed by atoms with E-state index in [-0.39, 0.29) is 10.8 Å². The molecule has 0 spiro atoms. The van der Waals surface area contributed by atoms with Gasteiger partial charge < -0.3 is 10.1 Å². The molecule has 0 aromatic heterocycles. The van der Waals surface area contributed by atoms with Crippen LogP contribution in [0.4, 0.5) is 5.69 Å². The molecule has 1 amide bonds. The number of carbonyl (C=O) groups is 1. The Labute approximate surface area is 170 Å². The molecule has 0 bridgehead atoms. The van der Waals surface area contributed by atoms with E-state index in [1.54, 1.807) is 49.6 Å². The summed E-state index contributed by atoms with van der Waals surface area (Å²) in [7, 11) is -2.16. The SMILES string of the molecule is COc1ccccc1CNC(=O)c1cccc(NS(=O)(=O)c2ccc(C)cc2)c1. The van der Waals surface area contributed by atoms with Crippen LogP contribution in [0.3, 0.4) is 0 Å². The van der Waals surface area contributed by atoms with Crippen LogP contribution in [0.1, 0.15) is 21.5 Å². The Morgan fingerprint density at radius 3 is 2.41 bits per heavy atom. The van der Waals surface area contributed by atoms with E-state index in [1.165, 1.54) is 6.07 Å². The first-order chi connectivity index (χ1) is 13.9. The molecule has 150 valence electrons. The maximum absolute atomic E-state index is 12.5. The topological polar surface area (TPSA) is 84.5 Å². The number of aryl methyl sites for hydroxylation is 1. The first-order valence-electron chi connectivity index (χ1n) is 8.99. The molecule has 3 aromatic carbocycles. The number of hydrogen-bond acceptors (Lipinski definition) is 4. The minimum atomic E-state index is -3.74. The van der Waals surface area contributed by atoms with E-state index < -0.39 is 10.0 Å². The second-order valence-corrected chi connectivity index (χ2v) is 8.18. The second kappa shape index (κ2) is 8.79. The van der Waals surface area contributed by atoms with E-state index in [2.05, 4.69) is 10.0 Å². The number of hydrogen-bond donors (Lipinski definition) is 2. The maximum atomic E-state index is 12.5. The van der Waals surface area contributed by atoms with Crippen LogP contribution in [0, 0.1) is 6.92 Å². The summed E-state index contributed by atoms with van der Waals surface area (Å²) >= 11 is 0. The van der Waals surface area contributed by atoms with Crippen molar-refractivity contribution in [2.75, 3.05) is 11.8 Å². The zero-order chi connectivity index (χ0) is 20.9. The van der Waals surface area contributed by atoms with Crippen LogP contribution < -0.4 is 14.8 Å². The Balaban J connectivity index is 1.71. The van der Waals surface area contributed by atoms with Gasteiger partial charge in [0.25, 0.3) is 15.9 Å². The molecule has 29 heavy (non-hydrogen) atoms. The standard InChI is InChI=1S/C22H22N2O4S/c1-16-10-12-20(13-11-16)29(26,27)24-19-8-5-7-17(14-19)22(25)23-15-18-6-3-4-9-21(18)28-2/h3-14,24H,15H2,1-2H3,(H,23,25). The lowest BCUT2D eigenvalue weighted by Gasteiger charge is -2.11. The summed E-state index contributed by atoms with van der Waals surface area (Å²) in [4.78, 5) is 12.7. The van der Waals surface area contributed by atoms with Crippen molar-refractivity contribution in [2.24, 2.45) is 0 Å². The van der Waals surface area contributed by atoms with E-state index in [4.69, 9.17) is 4.74 Å². The summed E-state index contributed by atoms with van der Waals surface area (Å²) in [5.74, 6) is 0.375. The predicted molar refractivity (Wildman–Crippen MR) is 113 cm³/mol. The molecule has 6 nitrogen and oxygen atoms in total. The zero-order valence-corrected chi connectivity index (χ0v) is 17.0. The third-order valence-corrected chi connectivity index (χ3v) is 5.74. The molecule has 3 aromatic rings. The molecule has 2 N–H and O–H groups in total. The molecule has 0 radical (unpaired) electrons. The van der Waals surface area contributed by atoms with Gasteiger partial charge in [-0.25, -0.2) is 8.42 Å². The van der Waals surface area contributed by atoms with Crippen molar-refractivity contribution in [1.29, 1.82) is 0 Å². The number of rotatable bonds is 7. The largest absolute Gasteiger partial charge is 0.496 e. The number of carbonyl (C=O) groups excluding carboxylic acids is 1. The molecule has 0 aliphatic heterocycles. The van der Waals surface area contributed by atoms with E-state index in [9.17, 15) is 13.2 Å². The minimum Gasteiger partial charge on any atom is -0.496 e. The van der Waals surface area contributed by atoms with Crippen molar-refractivity contribution in [3.05, 3.63) is 89.5 Å². The van der Waals surface area contributed by atoms with Crippen LogP contribution >= 0.6 is 0 Å². The van der Waals surface area contributed by atoms with Gasteiger partial charge in [0.15, 0.2) is 0 Å². The van der Waals surface area contributed by atoms with Gasteiger partial charge in [-0.05, 0) is 43.3 Å². The highest BCUT2D eigenvalue weighted by atomic mass is 32.2.